The quantitative estimate of drug-likeness (QED) is 0.569. The van der Waals surface area contributed by atoms with Crippen LogP contribution < -0.4 is 9.47 Å². The molecule has 3 rings (SSSR count). The van der Waals surface area contributed by atoms with E-state index < -0.39 is 28.1 Å². The third kappa shape index (κ3) is 5.98. The Morgan fingerprint density at radius 3 is 1.83 bits per heavy atom. The maximum Gasteiger partial charge on any atom is 0.573 e. The Morgan fingerprint density at radius 2 is 1.30 bits per heavy atom. The van der Waals surface area contributed by atoms with Gasteiger partial charge >= 0.3 is 6.36 Å². The first kappa shape index (κ1) is 21.7. The van der Waals surface area contributed by atoms with Crippen molar-refractivity contribution in [2.45, 2.75) is 17.4 Å². The van der Waals surface area contributed by atoms with Crippen molar-refractivity contribution in [3.63, 3.8) is 0 Å². The maximum atomic E-state index is 12.5. The molecule has 1 unspecified atom stereocenters. The van der Waals surface area contributed by atoms with Gasteiger partial charge in [-0.25, -0.2) is 8.42 Å². The first-order valence-corrected chi connectivity index (χ1v) is 10.4. The van der Waals surface area contributed by atoms with Crippen LogP contribution in [0.1, 0.15) is 11.7 Å². The molecule has 0 radical (unpaired) electrons. The van der Waals surface area contributed by atoms with Crippen molar-refractivity contribution in [2.24, 2.45) is 0 Å². The summed E-state index contributed by atoms with van der Waals surface area (Å²) < 4.78 is 70.9. The first-order valence-electron chi connectivity index (χ1n) is 8.72. The topological polar surface area (TPSA) is 72.8 Å². The Morgan fingerprint density at radius 1 is 0.800 bits per heavy atom. The van der Waals surface area contributed by atoms with Crippen molar-refractivity contribution in [1.82, 2.24) is 0 Å². The number of aliphatic hydroxyl groups is 1. The third-order valence-corrected chi connectivity index (χ3v) is 5.78. The zero-order valence-electron chi connectivity index (χ0n) is 15.4. The van der Waals surface area contributed by atoms with Gasteiger partial charge in [0, 0.05) is 0 Å². The molecule has 0 fully saturated rings. The van der Waals surface area contributed by atoms with E-state index in [-0.39, 0.29) is 16.4 Å². The highest BCUT2D eigenvalue weighted by Gasteiger charge is 2.31. The summed E-state index contributed by atoms with van der Waals surface area (Å²) in [7, 11) is -3.75. The van der Waals surface area contributed by atoms with Gasteiger partial charge in [-0.05, 0) is 54.1 Å². The Hall–Kier alpha value is -3.04. The lowest BCUT2D eigenvalue weighted by Crippen LogP contribution is -2.16. The summed E-state index contributed by atoms with van der Waals surface area (Å²) in [4.78, 5) is 0.0127. The fourth-order valence-electron chi connectivity index (χ4n) is 2.64. The third-order valence-electron chi connectivity index (χ3n) is 4.04. The molecule has 3 aromatic rings. The van der Waals surface area contributed by atoms with E-state index in [1.54, 1.807) is 30.3 Å². The lowest BCUT2D eigenvalue weighted by molar-refractivity contribution is -0.274. The van der Waals surface area contributed by atoms with Crippen LogP contribution >= 0.6 is 0 Å². The number of hydrogen-bond donors (Lipinski definition) is 1. The molecule has 30 heavy (non-hydrogen) atoms. The normalized spacial score (nSPS) is 12.9. The molecule has 0 spiro atoms. The number of alkyl halides is 3. The average molecular weight is 438 g/mol. The van der Waals surface area contributed by atoms with Gasteiger partial charge in [-0.3, -0.25) is 0 Å². The second kappa shape index (κ2) is 8.76. The van der Waals surface area contributed by atoms with Gasteiger partial charge in [-0.1, -0.05) is 30.3 Å². The molecule has 9 heteroatoms. The molecule has 0 heterocycles. The van der Waals surface area contributed by atoms with E-state index in [0.29, 0.717) is 11.3 Å². The molecule has 0 saturated carbocycles. The van der Waals surface area contributed by atoms with Crippen LogP contribution in [-0.4, -0.2) is 25.6 Å². The SMILES string of the molecule is O=S(=O)(CC(O)c1ccccc1)c1ccc(Oc2ccc(OC(F)(F)F)cc2)cc1. The summed E-state index contributed by atoms with van der Waals surface area (Å²) in [5.74, 6) is -0.312. The van der Waals surface area contributed by atoms with Gasteiger partial charge in [0.25, 0.3) is 0 Å². The molecule has 0 aliphatic carbocycles. The van der Waals surface area contributed by atoms with Gasteiger partial charge in [0.15, 0.2) is 9.84 Å². The van der Waals surface area contributed by atoms with Crippen LogP contribution in [0.5, 0.6) is 17.2 Å². The van der Waals surface area contributed by atoms with E-state index in [1.807, 2.05) is 0 Å². The fourth-order valence-corrected chi connectivity index (χ4v) is 3.99. The molecule has 0 aliphatic heterocycles. The van der Waals surface area contributed by atoms with Crippen LogP contribution in [0.25, 0.3) is 0 Å². The molecular formula is C21H17F3O5S. The monoisotopic (exact) mass is 438 g/mol. The number of hydrogen-bond acceptors (Lipinski definition) is 5. The van der Waals surface area contributed by atoms with E-state index in [4.69, 9.17) is 4.74 Å². The van der Waals surface area contributed by atoms with Crippen molar-refractivity contribution >= 4 is 9.84 Å². The first-order chi connectivity index (χ1) is 14.1. The lowest BCUT2D eigenvalue weighted by atomic mass is 10.1. The molecule has 158 valence electrons. The highest BCUT2D eigenvalue weighted by atomic mass is 32.2. The van der Waals surface area contributed by atoms with E-state index in [0.717, 1.165) is 12.1 Å². The van der Waals surface area contributed by atoms with Crippen LogP contribution in [0.2, 0.25) is 0 Å². The molecular weight excluding hydrogens is 421 g/mol. The zero-order chi connectivity index (χ0) is 21.8. The van der Waals surface area contributed by atoms with E-state index in [9.17, 15) is 26.7 Å². The molecule has 0 bridgehead atoms. The van der Waals surface area contributed by atoms with E-state index in [1.165, 1.54) is 36.4 Å². The highest BCUT2D eigenvalue weighted by Crippen LogP contribution is 2.28. The summed E-state index contributed by atoms with van der Waals surface area (Å²) in [6.07, 6.45) is -5.94. The minimum Gasteiger partial charge on any atom is -0.457 e. The van der Waals surface area contributed by atoms with Crippen LogP contribution in [0, 0.1) is 0 Å². The summed E-state index contributed by atoms with van der Waals surface area (Å²) in [5, 5.41) is 10.2. The number of halogens is 3. The second-order valence-electron chi connectivity index (χ2n) is 6.30. The van der Waals surface area contributed by atoms with Crippen LogP contribution in [-0.2, 0) is 9.84 Å². The maximum absolute atomic E-state index is 12.5. The Kier molecular flexibility index (Phi) is 6.33. The number of ether oxygens (including phenoxy) is 2. The van der Waals surface area contributed by atoms with Crippen molar-refractivity contribution in [2.75, 3.05) is 5.75 Å². The summed E-state index contributed by atoms with van der Waals surface area (Å²) in [5.41, 5.74) is 0.499. The minimum absolute atomic E-state index is 0.0127. The van der Waals surface area contributed by atoms with Crippen molar-refractivity contribution in [3.8, 4) is 17.2 Å². The number of aliphatic hydroxyl groups excluding tert-OH is 1. The predicted octanol–water partition coefficient (Wildman–Crippen LogP) is 4.88. The van der Waals surface area contributed by atoms with Crippen molar-refractivity contribution in [3.05, 3.63) is 84.4 Å². The predicted molar refractivity (Wildman–Crippen MR) is 103 cm³/mol. The number of sulfone groups is 1. The van der Waals surface area contributed by atoms with Crippen LogP contribution in [0.4, 0.5) is 13.2 Å². The second-order valence-corrected chi connectivity index (χ2v) is 8.33. The number of rotatable bonds is 7. The van der Waals surface area contributed by atoms with Crippen molar-refractivity contribution in [1.29, 1.82) is 0 Å². The summed E-state index contributed by atoms with van der Waals surface area (Å²) >= 11 is 0. The standard InChI is InChI=1S/C21H17F3O5S/c22-21(23,24)29-18-8-6-16(7-9-18)28-17-10-12-19(13-11-17)30(26,27)14-20(25)15-4-2-1-3-5-15/h1-13,20,25H,14H2. The van der Waals surface area contributed by atoms with Gasteiger partial charge in [-0.2, -0.15) is 0 Å². The van der Waals surface area contributed by atoms with E-state index in [2.05, 4.69) is 4.74 Å². The largest absolute Gasteiger partial charge is 0.573 e. The van der Waals surface area contributed by atoms with Gasteiger partial charge in [0.2, 0.25) is 0 Å². The number of benzene rings is 3. The fraction of sp³-hybridized carbons (Fsp3) is 0.143. The summed E-state index contributed by atoms with van der Waals surface area (Å²) in [6.45, 7) is 0. The van der Waals surface area contributed by atoms with Gasteiger partial charge in [-0.15, -0.1) is 13.2 Å². The van der Waals surface area contributed by atoms with E-state index >= 15 is 0 Å². The smallest absolute Gasteiger partial charge is 0.457 e. The van der Waals surface area contributed by atoms with Gasteiger partial charge < -0.3 is 14.6 Å². The average Bonchev–Trinajstić information content (AvgIpc) is 2.69. The molecule has 3 aromatic carbocycles. The van der Waals surface area contributed by atoms with Gasteiger partial charge in [0.05, 0.1) is 16.8 Å². The highest BCUT2D eigenvalue weighted by molar-refractivity contribution is 7.91. The molecule has 0 aromatic heterocycles. The zero-order valence-corrected chi connectivity index (χ0v) is 16.2. The lowest BCUT2D eigenvalue weighted by Gasteiger charge is -2.12. The van der Waals surface area contributed by atoms with Crippen LogP contribution in [0.3, 0.4) is 0 Å². The molecule has 0 saturated heterocycles. The molecule has 1 atom stereocenters. The van der Waals surface area contributed by atoms with Gasteiger partial charge in [0.1, 0.15) is 17.2 Å². The van der Waals surface area contributed by atoms with Crippen LogP contribution in [0.15, 0.2) is 83.8 Å². The molecule has 1 N–H and O–H groups in total. The van der Waals surface area contributed by atoms with Crippen molar-refractivity contribution < 1.29 is 36.2 Å². The molecule has 0 amide bonds. The Bertz CT molecular complexity index is 1060. The Balaban J connectivity index is 1.65. The Labute approximate surface area is 171 Å². The summed E-state index contributed by atoms with van der Waals surface area (Å²) in [6, 6.07) is 18.8. The molecule has 0 aliphatic rings. The minimum atomic E-state index is -4.78. The molecule has 5 nitrogen and oxygen atoms in total.